The molecule has 4 atom stereocenters. The molecule has 1 aliphatic carbocycles. The zero-order valence-corrected chi connectivity index (χ0v) is 24.3. The number of hydrogen-bond donors (Lipinski definition) is 1. The van der Waals surface area contributed by atoms with E-state index in [-0.39, 0.29) is 17.7 Å². The first-order valence-corrected chi connectivity index (χ1v) is 16.6. The van der Waals surface area contributed by atoms with Gasteiger partial charge in [-0.3, -0.25) is 0 Å². The molecule has 34 heavy (non-hydrogen) atoms. The summed E-state index contributed by atoms with van der Waals surface area (Å²) >= 11 is 0. The SMILES string of the molecule is CCCCCOC1CC(C(C)[Si](OCCCCC)(OCCCCC)OCCCCC)CCC1O. The van der Waals surface area contributed by atoms with Crippen molar-refractivity contribution in [1.29, 1.82) is 0 Å². The first-order chi connectivity index (χ1) is 16.5. The summed E-state index contributed by atoms with van der Waals surface area (Å²) in [6.07, 6.45) is 15.9. The van der Waals surface area contributed by atoms with Gasteiger partial charge in [-0.25, -0.2) is 0 Å². The van der Waals surface area contributed by atoms with Gasteiger partial charge in [0.25, 0.3) is 0 Å². The predicted molar refractivity (Wildman–Crippen MR) is 144 cm³/mol. The lowest BCUT2D eigenvalue weighted by molar-refractivity contribution is -0.0758. The third-order valence-electron chi connectivity index (χ3n) is 7.30. The Balaban J connectivity index is 2.93. The van der Waals surface area contributed by atoms with Crippen molar-refractivity contribution in [3.63, 3.8) is 0 Å². The van der Waals surface area contributed by atoms with E-state index < -0.39 is 8.80 Å². The van der Waals surface area contributed by atoms with E-state index in [2.05, 4.69) is 34.6 Å². The van der Waals surface area contributed by atoms with E-state index >= 15 is 0 Å². The van der Waals surface area contributed by atoms with Gasteiger partial charge in [0.15, 0.2) is 0 Å². The molecular weight excluding hydrogens is 444 g/mol. The van der Waals surface area contributed by atoms with Crippen LogP contribution in [0.3, 0.4) is 0 Å². The molecule has 0 aromatic carbocycles. The standard InChI is InChI=1S/C28H58O5Si/c1-6-10-14-20-30-28-24-26(18-19-27(28)29)25(5)34(31-21-15-11-7-2,32-22-16-12-8-3)33-23-17-13-9-4/h25-29H,6-24H2,1-5H3. The average molecular weight is 503 g/mol. The van der Waals surface area contributed by atoms with E-state index in [1.807, 2.05) is 0 Å². The van der Waals surface area contributed by atoms with Crippen molar-refractivity contribution in [2.24, 2.45) is 5.92 Å². The van der Waals surface area contributed by atoms with Gasteiger partial charge in [0.1, 0.15) is 0 Å². The summed E-state index contributed by atoms with van der Waals surface area (Å²) in [6.45, 7) is 14.1. The van der Waals surface area contributed by atoms with Gasteiger partial charge in [0.2, 0.25) is 0 Å². The maximum atomic E-state index is 10.6. The van der Waals surface area contributed by atoms with Crippen LogP contribution in [0.2, 0.25) is 5.54 Å². The molecule has 5 nitrogen and oxygen atoms in total. The Morgan fingerprint density at radius 1 is 0.676 bits per heavy atom. The molecule has 0 saturated heterocycles. The fraction of sp³-hybridized carbons (Fsp3) is 1.00. The average Bonchev–Trinajstić information content (AvgIpc) is 2.85. The smallest absolute Gasteiger partial charge is 0.390 e. The molecule has 0 spiro atoms. The largest absolute Gasteiger partial charge is 0.504 e. The van der Waals surface area contributed by atoms with Crippen LogP contribution >= 0.6 is 0 Å². The summed E-state index contributed by atoms with van der Waals surface area (Å²) in [5, 5.41) is 10.6. The Morgan fingerprint density at radius 3 is 1.56 bits per heavy atom. The van der Waals surface area contributed by atoms with Gasteiger partial charge < -0.3 is 23.1 Å². The fourth-order valence-electron chi connectivity index (χ4n) is 4.87. The van der Waals surface area contributed by atoms with Crippen molar-refractivity contribution in [3.8, 4) is 0 Å². The molecular formula is C28H58O5Si. The van der Waals surface area contributed by atoms with Crippen molar-refractivity contribution in [3.05, 3.63) is 0 Å². The summed E-state index contributed by atoms with van der Waals surface area (Å²) in [6, 6.07) is 0. The monoisotopic (exact) mass is 502 g/mol. The van der Waals surface area contributed by atoms with Crippen LogP contribution in [0.25, 0.3) is 0 Å². The van der Waals surface area contributed by atoms with Gasteiger partial charge in [-0.05, 0) is 50.9 Å². The van der Waals surface area contributed by atoms with Crippen LogP contribution in [-0.2, 0) is 18.0 Å². The number of aliphatic hydroxyl groups is 1. The third kappa shape index (κ3) is 12.3. The minimum atomic E-state index is -2.87. The van der Waals surface area contributed by atoms with E-state index in [0.717, 1.165) is 71.4 Å². The highest BCUT2D eigenvalue weighted by Crippen LogP contribution is 2.42. The number of rotatable bonds is 22. The second-order valence-corrected chi connectivity index (χ2v) is 13.3. The number of ether oxygens (including phenoxy) is 1. The minimum Gasteiger partial charge on any atom is -0.390 e. The molecule has 1 saturated carbocycles. The molecule has 1 N–H and O–H groups in total. The zero-order chi connectivity index (χ0) is 25.1. The fourth-order valence-corrected chi connectivity index (χ4v) is 8.08. The van der Waals surface area contributed by atoms with Crippen LogP contribution in [0, 0.1) is 5.92 Å². The Morgan fingerprint density at radius 2 is 1.12 bits per heavy atom. The lowest BCUT2D eigenvalue weighted by atomic mass is 9.83. The highest BCUT2D eigenvalue weighted by molar-refractivity contribution is 6.62. The highest BCUT2D eigenvalue weighted by Gasteiger charge is 2.51. The van der Waals surface area contributed by atoms with Crippen molar-refractivity contribution >= 4 is 8.80 Å². The van der Waals surface area contributed by atoms with Crippen LogP contribution in [-0.4, -0.2) is 52.5 Å². The maximum absolute atomic E-state index is 10.6. The molecule has 0 bridgehead atoms. The van der Waals surface area contributed by atoms with Crippen LogP contribution in [0.15, 0.2) is 0 Å². The normalized spacial score (nSPS) is 22.2. The Kier molecular flexibility index (Phi) is 19.0. The van der Waals surface area contributed by atoms with Gasteiger partial charge >= 0.3 is 8.80 Å². The second kappa shape index (κ2) is 20.1. The Hall–Kier alpha value is 0.0169. The molecule has 0 aromatic heterocycles. The lowest BCUT2D eigenvalue weighted by Gasteiger charge is -2.42. The van der Waals surface area contributed by atoms with Crippen LogP contribution in [0.1, 0.15) is 131 Å². The number of unbranched alkanes of at least 4 members (excludes halogenated alkanes) is 8. The number of aliphatic hydroxyl groups excluding tert-OH is 1. The Bertz CT molecular complexity index is 433. The van der Waals surface area contributed by atoms with E-state index in [1.54, 1.807) is 0 Å². The molecule has 4 unspecified atom stereocenters. The van der Waals surface area contributed by atoms with Crippen molar-refractivity contribution in [2.75, 3.05) is 26.4 Å². The Labute approximate surface area is 213 Å². The summed E-state index contributed by atoms with van der Waals surface area (Å²) in [5.74, 6) is 0.398. The van der Waals surface area contributed by atoms with Gasteiger partial charge in [0.05, 0.1) is 12.2 Å². The highest BCUT2D eigenvalue weighted by atomic mass is 28.4. The van der Waals surface area contributed by atoms with E-state index in [4.69, 9.17) is 18.0 Å². The molecule has 6 heteroatoms. The summed E-state index contributed by atoms with van der Waals surface area (Å²) < 4.78 is 26.2. The third-order valence-corrected chi connectivity index (χ3v) is 10.7. The molecule has 0 aromatic rings. The van der Waals surface area contributed by atoms with E-state index in [0.29, 0.717) is 5.92 Å². The zero-order valence-electron chi connectivity index (χ0n) is 23.3. The molecule has 1 rings (SSSR count). The summed E-state index contributed by atoms with van der Waals surface area (Å²) in [4.78, 5) is 0. The second-order valence-electron chi connectivity index (χ2n) is 10.3. The number of hydrogen-bond acceptors (Lipinski definition) is 5. The summed E-state index contributed by atoms with van der Waals surface area (Å²) in [7, 11) is -2.87. The van der Waals surface area contributed by atoms with E-state index in [9.17, 15) is 5.11 Å². The lowest BCUT2D eigenvalue weighted by Crippen LogP contribution is -2.53. The van der Waals surface area contributed by atoms with Crippen LogP contribution in [0.4, 0.5) is 0 Å². The van der Waals surface area contributed by atoms with Crippen molar-refractivity contribution in [1.82, 2.24) is 0 Å². The van der Waals surface area contributed by atoms with Crippen LogP contribution in [0.5, 0.6) is 0 Å². The van der Waals surface area contributed by atoms with Crippen molar-refractivity contribution in [2.45, 2.75) is 149 Å². The molecule has 0 heterocycles. The molecule has 204 valence electrons. The molecule has 1 aliphatic rings. The first-order valence-electron chi connectivity index (χ1n) is 14.8. The van der Waals surface area contributed by atoms with Gasteiger partial charge in [-0.1, -0.05) is 86.0 Å². The van der Waals surface area contributed by atoms with Gasteiger partial charge in [-0.2, -0.15) is 0 Å². The quantitative estimate of drug-likeness (QED) is 0.122. The molecule has 0 aliphatic heterocycles. The molecule has 1 fully saturated rings. The van der Waals surface area contributed by atoms with Crippen molar-refractivity contribution < 1.29 is 23.1 Å². The molecule has 0 radical (unpaired) electrons. The van der Waals surface area contributed by atoms with Gasteiger partial charge in [0, 0.05) is 32.0 Å². The van der Waals surface area contributed by atoms with Crippen LogP contribution < -0.4 is 0 Å². The predicted octanol–water partition coefficient (Wildman–Crippen LogP) is 7.67. The minimum absolute atomic E-state index is 0.0787. The molecule has 0 amide bonds. The van der Waals surface area contributed by atoms with Gasteiger partial charge in [-0.15, -0.1) is 0 Å². The van der Waals surface area contributed by atoms with E-state index in [1.165, 1.54) is 51.4 Å². The summed E-state index contributed by atoms with van der Waals surface area (Å²) in [5.41, 5.74) is 0.214. The first kappa shape index (κ1) is 32.0. The topological polar surface area (TPSA) is 57.2 Å². The maximum Gasteiger partial charge on any atom is 0.504 e.